The number of quaternary nitrogens is 1. The molecule has 1 saturated carbocycles. The quantitative estimate of drug-likeness (QED) is 0.676. The lowest BCUT2D eigenvalue weighted by Gasteiger charge is -2.31. The van der Waals surface area contributed by atoms with E-state index in [9.17, 15) is 13.2 Å². The zero-order valence-electron chi connectivity index (χ0n) is 16.9. The summed E-state index contributed by atoms with van der Waals surface area (Å²) in [5.41, 5.74) is 0.398. The number of hydrogen-bond acceptors (Lipinski definition) is 4. The van der Waals surface area contributed by atoms with E-state index >= 15 is 0 Å². The maximum atomic E-state index is 12.6. The van der Waals surface area contributed by atoms with Gasteiger partial charge in [0.1, 0.15) is 6.10 Å². The number of benzene rings is 1. The van der Waals surface area contributed by atoms with Crippen LogP contribution in [0, 0.1) is 5.92 Å². The van der Waals surface area contributed by atoms with Crippen molar-refractivity contribution in [3.8, 4) is 0 Å². The molecular weight excluding hydrogens is 364 g/mol. The van der Waals surface area contributed by atoms with E-state index in [0.717, 1.165) is 25.8 Å². The Balaban J connectivity index is 2.09. The second-order valence-corrected chi connectivity index (χ2v) is 9.45. The van der Waals surface area contributed by atoms with Crippen LogP contribution in [0.15, 0.2) is 29.2 Å². The number of carbonyl (C=O) groups excluding carboxylic acids is 1. The van der Waals surface area contributed by atoms with E-state index in [4.69, 9.17) is 4.74 Å². The van der Waals surface area contributed by atoms with Crippen molar-refractivity contribution in [2.75, 3.05) is 33.7 Å². The van der Waals surface area contributed by atoms with Crippen molar-refractivity contribution in [3.63, 3.8) is 0 Å². The van der Waals surface area contributed by atoms with Gasteiger partial charge in [0.25, 0.3) is 0 Å². The maximum Gasteiger partial charge on any atom is 0.338 e. The number of nitrogens with zero attached hydrogens (tertiary/aromatic N) is 1. The summed E-state index contributed by atoms with van der Waals surface area (Å²) >= 11 is 0. The van der Waals surface area contributed by atoms with E-state index in [2.05, 4.69) is 14.1 Å². The van der Waals surface area contributed by atoms with Crippen LogP contribution in [0.4, 0.5) is 0 Å². The lowest BCUT2D eigenvalue weighted by molar-refractivity contribution is -0.862. The molecule has 7 heteroatoms. The maximum absolute atomic E-state index is 12.6. The molecule has 0 bridgehead atoms. The van der Waals surface area contributed by atoms with Crippen molar-refractivity contribution >= 4 is 16.0 Å². The van der Waals surface area contributed by atoms with Gasteiger partial charge in [-0.05, 0) is 43.5 Å². The molecule has 2 atom stereocenters. The van der Waals surface area contributed by atoms with Crippen molar-refractivity contribution < 1.29 is 22.8 Å². The third-order valence-electron chi connectivity index (χ3n) is 5.20. The predicted molar refractivity (Wildman–Crippen MR) is 105 cm³/mol. The molecule has 6 nitrogen and oxygen atoms in total. The number of esters is 1. The summed E-state index contributed by atoms with van der Waals surface area (Å²) in [5.74, 6) is 0.0162. The molecule has 0 aliphatic heterocycles. The Hall–Kier alpha value is -1.44. The Bertz CT molecular complexity index is 712. The van der Waals surface area contributed by atoms with Gasteiger partial charge in [-0.3, -0.25) is 0 Å². The molecule has 1 aliphatic carbocycles. The molecule has 1 aromatic carbocycles. The van der Waals surface area contributed by atoms with Gasteiger partial charge >= 0.3 is 5.97 Å². The predicted octanol–water partition coefficient (Wildman–Crippen LogP) is 1.58. The van der Waals surface area contributed by atoms with E-state index in [1.807, 2.05) is 13.8 Å². The fraction of sp³-hybridized carbons (Fsp3) is 0.650. The third-order valence-corrected chi connectivity index (χ3v) is 7.27. The molecule has 1 fully saturated rings. The summed E-state index contributed by atoms with van der Waals surface area (Å²) in [7, 11) is 0.713. The van der Waals surface area contributed by atoms with Gasteiger partial charge in [-0.25, -0.2) is 13.2 Å². The second-order valence-electron chi connectivity index (χ2n) is 7.51. The SMILES string of the molecule is CCN(CC)S(=O)(=O)c1ccc(C(=O)O[C@H]2CCCC[C@@H]2C[NH+](C)C)cc1. The van der Waals surface area contributed by atoms with E-state index < -0.39 is 10.0 Å². The number of rotatable bonds is 8. The van der Waals surface area contributed by atoms with Crippen LogP contribution in [0.25, 0.3) is 0 Å². The lowest BCUT2D eigenvalue weighted by atomic mass is 9.86. The molecule has 1 aromatic rings. The van der Waals surface area contributed by atoms with Crippen LogP contribution >= 0.6 is 0 Å². The molecule has 152 valence electrons. The normalized spacial score (nSPS) is 20.8. The molecular formula is C20H33N2O4S+. The molecule has 0 radical (unpaired) electrons. The number of sulfonamides is 1. The summed E-state index contributed by atoms with van der Waals surface area (Å²) in [6.07, 6.45) is 4.20. The van der Waals surface area contributed by atoms with Crippen molar-refractivity contribution in [3.05, 3.63) is 29.8 Å². The van der Waals surface area contributed by atoms with Gasteiger partial charge in [0.15, 0.2) is 0 Å². The number of ether oxygens (including phenoxy) is 1. The highest BCUT2D eigenvalue weighted by atomic mass is 32.2. The Labute approximate surface area is 163 Å². The molecule has 1 N–H and O–H groups in total. The highest BCUT2D eigenvalue weighted by Crippen LogP contribution is 2.27. The molecule has 0 amide bonds. The summed E-state index contributed by atoms with van der Waals surface area (Å²) in [6, 6.07) is 6.08. The highest BCUT2D eigenvalue weighted by Gasteiger charge is 2.30. The average Bonchev–Trinajstić information content (AvgIpc) is 2.64. The topological polar surface area (TPSA) is 68.1 Å². The van der Waals surface area contributed by atoms with Gasteiger partial charge in [0, 0.05) is 19.0 Å². The third kappa shape index (κ3) is 5.53. The monoisotopic (exact) mass is 397 g/mol. The van der Waals surface area contributed by atoms with Crippen LogP contribution in [0.1, 0.15) is 49.9 Å². The molecule has 0 heterocycles. The van der Waals surface area contributed by atoms with Gasteiger partial charge in [0.2, 0.25) is 10.0 Å². The molecule has 0 saturated heterocycles. The van der Waals surface area contributed by atoms with Crippen LogP contribution in [-0.2, 0) is 14.8 Å². The largest absolute Gasteiger partial charge is 0.458 e. The van der Waals surface area contributed by atoms with Crippen molar-refractivity contribution in [2.24, 2.45) is 5.92 Å². The molecule has 0 spiro atoms. The second kappa shape index (κ2) is 9.66. The zero-order valence-corrected chi connectivity index (χ0v) is 17.7. The Morgan fingerprint density at radius 1 is 1.11 bits per heavy atom. The standard InChI is InChI=1S/C20H32N2O4S/c1-5-22(6-2)27(24,25)18-13-11-16(12-14-18)20(23)26-19-10-8-7-9-17(19)15-21(3)4/h11-14,17,19H,5-10,15H2,1-4H3/p+1/t17-,19+/m1/s1. The fourth-order valence-electron chi connectivity index (χ4n) is 3.77. The van der Waals surface area contributed by atoms with Crippen LogP contribution in [-0.4, -0.2) is 58.5 Å². The first-order chi connectivity index (χ1) is 12.8. The molecule has 2 rings (SSSR count). The lowest BCUT2D eigenvalue weighted by Crippen LogP contribution is -3.06. The summed E-state index contributed by atoms with van der Waals surface area (Å²) in [6.45, 7) is 5.43. The van der Waals surface area contributed by atoms with Gasteiger partial charge < -0.3 is 9.64 Å². The first-order valence-electron chi connectivity index (χ1n) is 9.89. The smallest absolute Gasteiger partial charge is 0.338 e. The van der Waals surface area contributed by atoms with Gasteiger partial charge in [-0.1, -0.05) is 20.3 Å². The minimum absolute atomic E-state index is 0.0553. The van der Waals surface area contributed by atoms with Crippen molar-refractivity contribution in [1.82, 2.24) is 4.31 Å². The first-order valence-corrected chi connectivity index (χ1v) is 11.3. The van der Waals surface area contributed by atoms with Crippen LogP contribution in [0.2, 0.25) is 0 Å². The van der Waals surface area contributed by atoms with Gasteiger partial charge in [-0.15, -0.1) is 0 Å². The van der Waals surface area contributed by atoms with Crippen LogP contribution < -0.4 is 4.90 Å². The minimum atomic E-state index is -3.51. The Morgan fingerprint density at radius 2 is 1.70 bits per heavy atom. The van der Waals surface area contributed by atoms with Crippen molar-refractivity contribution in [1.29, 1.82) is 0 Å². The summed E-state index contributed by atoms with van der Waals surface area (Å²) in [4.78, 5) is 14.1. The van der Waals surface area contributed by atoms with Crippen LogP contribution in [0.5, 0.6) is 0 Å². The zero-order chi connectivity index (χ0) is 20.0. The number of hydrogen-bond donors (Lipinski definition) is 1. The highest BCUT2D eigenvalue weighted by molar-refractivity contribution is 7.89. The van der Waals surface area contributed by atoms with E-state index in [-0.39, 0.29) is 17.0 Å². The summed E-state index contributed by atoms with van der Waals surface area (Å²) < 4.78 is 32.3. The molecule has 1 aliphatic rings. The summed E-state index contributed by atoms with van der Waals surface area (Å²) in [5, 5.41) is 0. The number of carbonyl (C=O) groups is 1. The molecule has 0 unspecified atom stereocenters. The Kier molecular flexibility index (Phi) is 7.82. The van der Waals surface area contributed by atoms with Crippen LogP contribution in [0.3, 0.4) is 0 Å². The van der Waals surface area contributed by atoms with Gasteiger partial charge in [0.05, 0.1) is 31.1 Å². The molecule has 27 heavy (non-hydrogen) atoms. The fourth-order valence-corrected chi connectivity index (χ4v) is 5.23. The van der Waals surface area contributed by atoms with E-state index in [0.29, 0.717) is 24.6 Å². The minimum Gasteiger partial charge on any atom is -0.458 e. The average molecular weight is 398 g/mol. The number of nitrogens with one attached hydrogen (secondary N) is 1. The van der Waals surface area contributed by atoms with Gasteiger partial charge in [-0.2, -0.15) is 4.31 Å². The first kappa shape index (κ1) is 21.9. The molecule has 0 aromatic heterocycles. The Morgan fingerprint density at radius 3 is 2.26 bits per heavy atom. The van der Waals surface area contributed by atoms with Crippen molar-refractivity contribution in [2.45, 2.75) is 50.5 Å². The van der Waals surface area contributed by atoms with E-state index in [1.54, 1.807) is 12.1 Å². The van der Waals surface area contributed by atoms with E-state index in [1.165, 1.54) is 27.8 Å².